The average molecular weight is 272 g/mol. The molecule has 7 heteroatoms. The zero-order valence-corrected chi connectivity index (χ0v) is 11.4. The quantitative estimate of drug-likeness (QED) is 0.755. The minimum atomic E-state index is -0.433. The average Bonchev–Trinajstić information content (AvgIpc) is 2.28. The summed E-state index contributed by atoms with van der Waals surface area (Å²) in [6, 6.07) is 0. The van der Waals surface area contributed by atoms with Crippen LogP contribution >= 0.6 is 11.6 Å². The molecule has 100 valence electrons. The van der Waals surface area contributed by atoms with Gasteiger partial charge in [-0.3, -0.25) is 4.79 Å². The van der Waals surface area contributed by atoms with Crippen molar-refractivity contribution in [3.8, 4) is 0 Å². The van der Waals surface area contributed by atoms with Gasteiger partial charge in [-0.1, -0.05) is 13.3 Å². The summed E-state index contributed by atoms with van der Waals surface area (Å²) in [5.74, 6) is 0.0395. The van der Waals surface area contributed by atoms with Crippen LogP contribution in [0.3, 0.4) is 0 Å². The Morgan fingerprint density at radius 1 is 1.44 bits per heavy atom. The van der Waals surface area contributed by atoms with E-state index in [4.69, 9.17) is 23.1 Å². The number of halogens is 1. The van der Waals surface area contributed by atoms with Crippen molar-refractivity contribution in [1.82, 2.24) is 9.97 Å². The maximum atomic E-state index is 11.1. The van der Waals surface area contributed by atoms with Crippen LogP contribution < -0.4 is 16.4 Å². The summed E-state index contributed by atoms with van der Waals surface area (Å²) in [6.07, 6.45) is 1.90. The standard InChI is InChI=1S/C11H18ClN5O/c1-3-4-5-17(6-8(13)18)10-9(14)7(2)15-11(12)16-10/h3-6,14H2,1-2H3,(H2,13,18). The second-order valence-corrected chi connectivity index (χ2v) is 4.39. The van der Waals surface area contributed by atoms with E-state index in [-0.39, 0.29) is 11.8 Å². The molecule has 0 bridgehead atoms. The molecule has 0 aliphatic heterocycles. The van der Waals surface area contributed by atoms with Gasteiger partial charge in [0.2, 0.25) is 11.2 Å². The third-order valence-corrected chi connectivity index (χ3v) is 2.69. The number of anilines is 2. The summed E-state index contributed by atoms with van der Waals surface area (Å²) in [7, 11) is 0. The molecule has 4 N–H and O–H groups in total. The maximum absolute atomic E-state index is 11.1. The Kier molecular flexibility index (Phi) is 5.15. The molecule has 0 fully saturated rings. The lowest BCUT2D eigenvalue weighted by atomic mass is 10.2. The van der Waals surface area contributed by atoms with Crippen LogP contribution in [0.2, 0.25) is 5.28 Å². The van der Waals surface area contributed by atoms with Crippen LogP contribution in [0.15, 0.2) is 0 Å². The number of nitrogens with two attached hydrogens (primary N) is 2. The molecule has 1 rings (SSSR count). The van der Waals surface area contributed by atoms with E-state index in [1.807, 2.05) is 0 Å². The molecule has 0 aliphatic rings. The molecule has 0 unspecified atom stereocenters. The lowest BCUT2D eigenvalue weighted by Crippen LogP contribution is -2.35. The molecule has 0 saturated carbocycles. The Morgan fingerprint density at radius 2 is 2.11 bits per heavy atom. The second kappa shape index (κ2) is 6.39. The Labute approximate surface area is 111 Å². The van der Waals surface area contributed by atoms with Gasteiger partial charge in [-0.15, -0.1) is 0 Å². The summed E-state index contributed by atoms with van der Waals surface area (Å²) in [5.41, 5.74) is 12.2. The van der Waals surface area contributed by atoms with E-state index in [1.165, 1.54) is 0 Å². The molecular weight excluding hydrogens is 254 g/mol. The minimum Gasteiger partial charge on any atom is -0.394 e. The number of rotatable bonds is 6. The van der Waals surface area contributed by atoms with Gasteiger partial charge < -0.3 is 16.4 Å². The van der Waals surface area contributed by atoms with Crippen LogP contribution in [0.25, 0.3) is 0 Å². The van der Waals surface area contributed by atoms with Gasteiger partial charge >= 0.3 is 0 Å². The molecule has 0 atom stereocenters. The number of aromatic nitrogens is 2. The molecule has 0 saturated heterocycles. The Balaban J connectivity index is 3.06. The normalized spacial score (nSPS) is 10.4. The number of hydrogen-bond donors (Lipinski definition) is 2. The van der Waals surface area contributed by atoms with E-state index in [0.717, 1.165) is 12.8 Å². The van der Waals surface area contributed by atoms with E-state index in [2.05, 4.69) is 16.9 Å². The van der Waals surface area contributed by atoms with Crippen LogP contribution in [0.1, 0.15) is 25.5 Å². The van der Waals surface area contributed by atoms with Crippen LogP contribution in [0.5, 0.6) is 0 Å². The number of primary amides is 1. The van der Waals surface area contributed by atoms with E-state index in [9.17, 15) is 4.79 Å². The fraction of sp³-hybridized carbons (Fsp3) is 0.545. The van der Waals surface area contributed by atoms with Crippen molar-refractivity contribution >= 4 is 29.0 Å². The van der Waals surface area contributed by atoms with Gasteiger partial charge in [-0.05, 0) is 24.9 Å². The Bertz CT molecular complexity index is 438. The second-order valence-electron chi connectivity index (χ2n) is 4.06. The third-order valence-electron chi connectivity index (χ3n) is 2.52. The highest BCUT2D eigenvalue weighted by Gasteiger charge is 2.16. The van der Waals surface area contributed by atoms with Gasteiger partial charge in [0, 0.05) is 6.54 Å². The van der Waals surface area contributed by atoms with Gasteiger partial charge in [-0.2, -0.15) is 4.98 Å². The predicted octanol–water partition coefficient (Wildman–Crippen LogP) is 1.11. The highest BCUT2D eigenvalue weighted by molar-refractivity contribution is 6.28. The van der Waals surface area contributed by atoms with E-state index in [0.29, 0.717) is 23.7 Å². The highest BCUT2D eigenvalue weighted by Crippen LogP contribution is 2.24. The fourth-order valence-corrected chi connectivity index (χ4v) is 1.78. The first-order valence-electron chi connectivity index (χ1n) is 5.78. The molecule has 1 amide bonds. The number of carbonyl (C=O) groups is 1. The summed E-state index contributed by atoms with van der Waals surface area (Å²) >= 11 is 5.82. The summed E-state index contributed by atoms with van der Waals surface area (Å²) in [5, 5.41) is 0.114. The Hall–Kier alpha value is -1.56. The monoisotopic (exact) mass is 271 g/mol. The summed E-state index contributed by atoms with van der Waals surface area (Å²) in [4.78, 5) is 20.9. The lowest BCUT2D eigenvalue weighted by molar-refractivity contribution is -0.116. The first kappa shape index (κ1) is 14.5. The zero-order valence-electron chi connectivity index (χ0n) is 10.6. The first-order valence-corrected chi connectivity index (χ1v) is 6.16. The maximum Gasteiger partial charge on any atom is 0.236 e. The van der Waals surface area contributed by atoms with Gasteiger partial charge in [0.25, 0.3) is 0 Å². The van der Waals surface area contributed by atoms with Gasteiger partial charge in [0.1, 0.15) is 0 Å². The van der Waals surface area contributed by atoms with Crippen LogP contribution in [-0.2, 0) is 4.79 Å². The molecule has 6 nitrogen and oxygen atoms in total. The van der Waals surface area contributed by atoms with Crippen molar-refractivity contribution in [2.45, 2.75) is 26.7 Å². The van der Waals surface area contributed by atoms with Crippen LogP contribution in [0.4, 0.5) is 11.5 Å². The molecule has 1 aromatic rings. The largest absolute Gasteiger partial charge is 0.394 e. The van der Waals surface area contributed by atoms with Gasteiger partial charge in [0.15, 0.2) is 5.82 Å². The molecule has 0 spiro atoms. The van der Waals surface area contributed by atoms with Crippen LogP contribution in [-0.4, -0.2) is 29.0 Å². The van der Waals surface area contributed by atoms with Gasteiger partial charge in [-0.25, -0.2) is 4.98 Å². The van der Waals surface area contributed by atoms with E-state index >= 15 is 0 Å². The summed E-state index contributed by atoms with van der Waals surface area (Å²) < 4.78 is 0. The van der Waals surface area contributed by atoms with Crippen molar-refractivity contribution in [3.05, 3.63) is 11.0 Å². The number of unbranched alkanes of at least 4 members (excludes halogenated alkanes) is 1. The number of aryl methyl sites for hydroxylation is 1. The van der Waals surface area contributed by atoms with Crippen molar-refractivity contribution < 1.29 is 4.79 Å². The number of nitrogen functional groups attached to an aromatic ring is 1. The van der Waals surface area contributed by atoms with Crippen molar-refractivity contribution in [2.24, 2.45) is 5.73 Å². The number of amides is 1. The lowest BCUT2D eigenvalue weighted by Gasteiger charge is -2.23. The Morgan fingerprint density at radius 3 is 2.67 bits per heavy atom. The number of nitrogens with zero attached hydrogens (tertiary/aromatic N) is 3. The van der Waals surface area contributed by atoms with Crippen molar-refractivity contribution in [1.29, 1.82) is 0 Å². The molecule has 1 aromatic heterocycles. The smallest absolute Gasteiger partial charge is 0.236 e. The predicted molar refractivity (Wildman–Crippen MR) is 72.5 cm³/mol. The molecule has 18 heavy (non-hydrogen) atoms. The molecule has 0 radical (unpaired) electrons. The number of hydrogen-bond acceptors (Lipinski definition) is 5. The molecule has 0 aromatic carbocycles. The SMILES string of the molecule is CCCCN(CC(N)=O)c1nc(Cl)nc(C)c1N. The van der Waals surface area contributed by atoms with E-state index in [1.54, 1.807) is 11.8 Å². The molecule has 1 heterocycles. The summed E-state index contributed by atoms with van der Waals surface area (Å²) in [6.45, 7) is 4.52. The number of carbonyl (C=O) groups excluding carboxylic acids is 1. The van der Waals surface area contributed by atoms with Crippen molar-refractivity contribution in [2.75, 3.05) is 23.7 Å². The molecule has 0 aliphatic carbocycles. The first-order chi connectivity index (χ1) is 8.45. The van der Waals surface area contributed by atoms with Crippen LogP contribution in [0, 0.1) is 6.92 Å². The zero-order chi connectivity index (χ0) is 13.7. The topological polar surface area (TPSA) is 98.1 Å². The highest BCUT2D eigenvalue weighted by atomic mass is 35.5. The third kappa shape index (κ3) is 3.73. The van der Waals surface area contributed by atoms with E-state index < -0.39 is 5.91 Å². The van der Waals surface area contributed by atoms with Crippen molar-refractivity contribution in [3.63, 3.8) is 0 Å². The van der Waals surface area contributed by atoms with Gasteiger partial charge in [0.05, 0.1) is 17.9 Å². The molecular formula is C11H18ClN5O. The minimum absolute atomic E-state index is 0.0665. The fourth-order valence-electron chi connectivity index (χ4n) is 1.57.